The first-order chi connectivity index (χ1) is 18.6. The highest BCUT2D eigenvalue weighted by molar-refractivity contribution is 7.90. The SMILES string of the molecule is Cc1ccc(CN(C(=O)CN2C(=O)c3ccccc3S2(=O)=O)C(Cc2ccccc2)C(=O)NCC(C)C)cc1. The van der Waals surface area contributed by atoms with Crippen molar-refractivity contribution in [2.24, 2.45) is 5.92 Å². The molecule has 0 aliphatic carbocycles. The van der Waals surface area contributed by atoms with Gasteiger partial charge < -0.3 is 10.2 Å². The Morgan fingerprint density at radius 2 is 1.54 bits per heavy atom. The Bertz CT molecular complexity index is 1450. The molecule has 0 spiro atoms. The number of carbonyl (C=O) groups excluding carboxylic acids is 3. The minimum Gasteiger partial charge on any atom is -0.354 e. The second kappa shape index (κ2) is 11.8. The van der Waals surface area contributed by atoms with E-state index in [9.17, 15) is 22.8 Å². The van der Waals surface area contributed by atoms with Gasteiger partial charge in [0.05, 0.1) is 5.56 Å². The van der Waals surface area contributed by atoms with Crippen molar-refractivity contribution in [2.45, 2.75) is 44.7 Å². The summed E-state index contributed by atoms with van der Waals surface area (Å²) in [6.07, 6.45) is 0.225. The summed E-state index contributed by atoms with van der Waals surface area (Å²) in [6.45, 7) is 5.69. The van der Waals surface area contributed by atoms with E-state index < -0.39 is 34.4 Å². The summed E-state index contributed by atoms with van der Waals surface area (Å²) >= 11 is 0. The summed E-state index contributed by atoms with van der Waals surface area (Å²) < 4.78 is 27.0. The second-order valence-corrected chi connectivity index (χ2v) is 12.0. The number of hydrogen-bond donors (Lipinski definition) is 1. The van der Waals surface area contributed by atoms with Crippen LogP contribution in [0.3, 0.4) is 0 Å². The molecule has 1 heterocycles. The van der Waals surface area contributed by atoms with Crippen LogP contribution in [0.25, 0.3) is 0 Å². The molecule has 0 fully saturated rings. The van der Waals surface area contributed by atoms with Crippen molar-refractivity contribution < 1.29 is 22.8 Å². The maximum atomic E-state index is 13.9. The van der Waals surface area contributed by atoms with Crippen molar-refractivity contribution in [3.8, 4) is 0 Å². The molecule has 8 nitrogen and oxygen atoms in total. The molecule has 39 heavy (non-hydrogen) atoms. The third kappa shape index (κ3) is 6.37. The van der Waals surface area contributed by atoms with Gasteiger partial charge in [0, 0.05) is 19.5 Å². The van der Waals surface area contributed by atoms with Crippen LogP contribution in [-0.4, -0.2) is 54.5 Å². The number of carbonyl (C=O) groups is 3. The Morgan fingerprint density at radius 1 is 0.897 bits per heavy atom. The van der Waals surface area contributed by atoms with E-state index in [-0.39, 0.29) is 35.2 Å². The highest BCUT2D eigenvalue weighted by Crippen LogP contribution is 2.30. The van der Waals surface area contributed by atoms with Gasteiger partial charge >= 0.3 is 0 Å². The quantitative estimate of drug-likeness (QED) is 0.418. The summed E-state index contributed by atoms with van der Waals surface area (Å²) in [7, 11) is -4.19. The van der Waals surface area contributed by atoms with Crippen molar-refractivity contribution in [3.05, 3.63) is 101 Å². The number of fused-ring (bicyclic) bond motifs is 1. The van der Waals surface area contributed by atoms with Crippen LogP contribution in [0.4, 0.5) is 0 Å². The minimum atomic E-state index is -4.19. The van der Waals surface area contributed by atoms with Crippen LogP contribution in [0.5, 0.6) is 0 Å². The van der Waals surface area contributed by atoms with Gasteiger partial charge in [-0.25, -0.2) is 12.7 Å². The molecule has 1 unspecified atom stereocenters. The van der Waals surface area contributed by atoms with Crippen LogP contribution in [0.1, 0.15) is 40.9 Å². The second-order valence-electron chi connectivity index (χ2n) is 10.2. The standard InChI is InChI=1S/C30H33N3O5S/c1-21(2)18-31-29(35)26(17-23-9-5-4-6-10-23)32(19-24-15-13-22(3)14-16-24)28(34)20-33-30(36)25-11-7-8-12-27(25)39(33,37)38/h4-16,21,26H,17-20H2,1-3H3,(H,31,35). The monoisotopic (exact) mass is 547 g/mol. The van der Waals surface area contributed by atoms with Crippen LogP contribution >= 0.6 is 0 Å². The zero-order chi connectivity index (χ0) is 28.2. The molecule has 3 aromatic rings. The summed E-state index contributed by atoms with van der Waals surface area (Å²) in [5.74, 6) is -1.54. The molecule has 4 rings (SSSR count). The molecule has 204 valence electrons. The third-order valence-corrected chi connectivity index (χ3v) is 8.41. The fraction of sp³-hybridized carbons (Fsp3) is 0.300. The fourth-order valence-electron chi connectivity index (χ4n) is 4.47. The Labute approximate surface area is 229 Å². The van der Waals surface area contributed by atoms with Gasteiger partial charge in [-0.1, -0.05) is 86.1 Å². The number of benzene rings is 3. The predicted octanol–water partition coefficient (Wildman–Crippen LogP) is 3.55. The first-order valence-corrected chi connectivity index (χ1v) is 14.3. The number of nitrogens with one attached hydrogen (secondary N) is 1. The van der Waals surface area contributed by atoms with Crippen LogP contribution in [-0.2, 0) is 32.6 Å². The third-order valence-electron chi connectivity index (χ3n) is 6.62. The lowest BCUT2D eigenvalue weighted by molar-refractivity contribution is -0.141. The van der Waals surface area contributed by atoms with E-state index in [4.69, 9.17) is 0 Å². The number of amides is 3. The van der Waals surface area contributed by atoms with Gasteiger partial charge in [-0.05, 0) is 36.1 Å². The summed E-state index contributed by atoms with van der Waals surface area (Å²) in [5.41, 5.74) is 2.70. The van der Waals surface area contributed by atoms with Gasteiger partial charge in [-0.15, -0.1) is 0 Å². The molecule has 0 saturated heterocycles. The number of nitrogens with zero attached hydrogens (tertiary/aromatic N) is 2. The molecule has 0 aromatic heterocycles. The Morgan fingerprint density at radius 3 is 2.18 bits per heavy atom. The molecule has 0 saturated carbocycles. The normalized spacial score (nSPS) is 14.7. The lowest BCUT2D eigenvalue weighted by Crippen LogP contribution is -2.53. The molecule has 1 aliphatic heterocycles. The van der Waals surface area contributed by atoms with Crippen LogP contribution in [0, 0.1) is 12.8 Å². The molecule has 0 bridgehead atoms. The van der Waals surface area contributed by atoms with Crippen LogP contribution < -0.4 is 5.32 Å². The molecule has 3 amide bonds. The zero-order valence-corrected chi connectivity index (χ0v) is 23.1. The highest BCUT2D eigenvalue weighted by atomic mass is 32.2. The topological polar surface area (TPSA) is 104 Å². The van der Waals surface area contributed by atoms with Crippen LogP contribution in [0.15, 0.2) is 83.8 Å². The van der Waals surface area contributed by atoms with E-state index >= 15 is 0 Å². The molecule has 1 N–H and O–H groups in total. The van der Waals surface area contributed by atoms with Gasteiger partial charge in [0.15, 0.2) is 0 Å². The van der Waals surface area contributed by atoms with Gasteiger partial charge in [-0.3, -0.25) is 14.4 Å². The maximum Gasteiger partial charge on any atom is 0.269 e. The van der Waals surface area contributed by atoms with E-state index in [1.165, 1.54) is 23.1 Å². The molecular weight excluding hydrogens is 514 g/mol. The first-order valence-electron chi connectivity index (χ1n) is 12.9. The van der Waals surface area contributed by atoms with Crippen molar-refractivity contribution in [3.63, 3.8) is 0 Å². The number of rotatable bonds is 10. The lowest BCUT2D eigenvalue weighted by atomic mass is 10.0. The van der Waals surface area contributed by atoms with Crippen molar-refractivity contribution >= 4 is 27.7 Å². The Kier molecular flexibility index (Phi) is 8.50. The zero-order valence-electron chi connectivity index (χ0n) is 22.3. The predicted molar refractivity (Wildman–Crippen MR) is 148 cm³/mol. The molecule has 1 atom stereocenters. The van der Waals surface area contributed by atoms with E-state index in [1.807, 2.05) is 75.4 Å². The average Bonchev–Trinajstić information content (AvgIpc) is 3.11. The summed E-state index contributed by atoms with van der Waals surface area (Å²) in [6, 6.07) is 21.9. The first kappa shape index (κ1) is 28.0. The Hall–Kier alpha value is -3.98. The summed E-state index contributed by atoms with van der Waals surface area (Å²) in [5, 5.41) is 2.93. The molecule has 1 aliphatic rings. The van der Waals surface area contributed by atoms with Gasteiger partial charge in [0.1, 0.15) is 17.5 Å². The number of hydrogen-bond acceptors (Lipinski definition) is 5. The van der Waals surface area contributed by atoms with E-state index in [1.54, 1.807) is 6.07 Å². The van der Waals surface area contributed by atoms with Gasteiger partial charge in [0.25, 0.3) is 15.9 Å². The average molecular weight is 548 g/mol. The lowest BCUT2D eigenvalue weighted by Gasteiger charge is -2.32. The van der Waals surface area contributed by atoms with Crippen molar-refractivity contribution in [1.82, 2.24) is 14.5 Å². The maximum absolute atomic E-state index is 13.9. The number of sulfonamides is 1. The highest BCUT2D eigenvalue weighted by Gasteiger charge is 2.43. The van der Waals surface area contributed by atoms with Crippen LogP contribution in [0.2, 0.25) is 0 Å². The molecule has 0 radical (unpaired) electrons. The van der Waals surface area contributed by atoms with E-state index in [2.05, 4.69) is 5.32 Å². The summed E-state index contributed by atoms with van der Waals surface area (Å²) in [4.78, 5) is 41.8. The fourth-order valence-corrected chi connectivity index (χ4v) is 5.99. The van der Waals surface area contributed by atoms with E-state index in [0.717, 1.165) is 16.7 Å². The van der Waals surface area contributed by atoms with Gasteiger partial charge in [-0.2, -0.15) is 0 Å². The Balaban J connectivity index is 1.70. The van der Waals surface area contributed by atoms with Crippen molar-refractivity contribution in [2.75, 3.05) is 13.1 Å². The molecule has 9 heteroatoms. The molecular formula is C30H33N3O5S. The minimum absolute atomic E-state index is 0.0332. The van der Waals surface area contributed by atoms with Gasteiger partial charge in [0.2, 0.25) is 11.8 Å². The van der Waals surface area contributed by atoms with E-state index in [0.29, 0.717) is 10.8 Å². The molecule has 3 aromatic carbocycles. The smallest absolute Gasteiger partial charge is 0.269 e. The van der Waals surface area contributed by atoms with Crippen molar-refractivity contribution in [1.29, 1.82) is 0 Å². The number of aryl methyl sites for hydroxylation is 1. The largest absolute Gasteiger partial charge is 0.354 e.